The molecule has 0 aliphatic carbocycles. The smallest absolute Gasteiger partial charge is 0.233 e. The average Bonchev–Trinajstić information content (AvgIpc) is 2.54. The number of carbonyl (C=O) groups excluding carboxylic acids is 1. The first-order chi connectivity index (χ1) is 10.6. The van der Waals surface area contributed by atoms with Crippen LogP contribution in [0.1, 0.15) is 31.0 Å². The molecule has 0 saturated carbocycles. The Morgan fingerprint density at radius 3 is 2.36 bits per heavy atom. The van der Waals surface area contributed by atoms with Crippen molar-refractivity contribution < 1.29 is 9.18 Å². The van der Waals surface area contributed by atoms with Crippen LogP contribution in [0.4, 0.5) is 4.39 Å². The Labute approximate surface area is 135 Å². The second-order valence-corrected chi connectivity index (χ2v) is 6.55. The Morgan fingerprint density at radius 2 is 1.73 bits per heavy atom. The van der Waals surface area contributed by atoms with Crippen molar-refractivity contribution in [3.8, 4) is 0 Å². The fourth-order valence-corrected chi connectivity index (χ4v) is 2.89. The van der Waals surface area contributed by atoms with Crippen LogP contribution in [0.2, 0.25) is 0 Å². The lowest BCUT2D eigenvalue weighted by molar-refractivity contribution is -0.120. The third kappa shape index (κ3) is 4.88. The van der Waals surface area contributed by atoms with E-state index in [2.05, 4.69) is 17.4 Å². The first kappa shape index (κ1) is 16.6. The molecule has 0 unspecified atom stereocenters. The first-order valence-corrected chi connectivity index (χ1v) is 8.32. The van der Waals surface area contributed by atoms with Crippen LogP contribution in [0.25, 0.3) is 0 Å². The topological polar surface area (TPSA) is 29.1 Å². The van der Waals surface area contributed by atoms with Gasteiger partial charge < -0.3 is 5.32 Å². The third-order valence-corrected chi connectivity index (χ3v) is 4.65. The first-order valence-electron chi connectivity index (χ1n) is 7.27. The number of nitrogens with one attached hydrogen (secondary N) is 1. The van der Waals surface area contributed by atoms with E-state index in [0.29, 0.717) is 0 Å². The summed E-state index contributed by atoms with van der Waals surface area (Å²) in [6.45, 7) is 3.81. The van der Waals surface area contributed by atoms with Gasteiger partial charge in [0.25, 0.3) is 0 Å². The van der Waals surface area contributed by atoms with Gasteiger partial charge in [-0.15, -0.1) is 11.8 Å². The van der Waals surface area contributed by atoms with Crippen LogP contribution in [-0.4, -0.2) is 11.2 Å². The molecule has 0 aliphatic heterocycles. The summed E-state index contributed by atoms with van der Waals surface area (Å²) in [7, 11) is 0. The Bertz CT molecular complexity index is 600. The van der Waals surface area contributed by atoms with E-state index in [4.69, 9.17) is 0 Å². The summed E-state index contributed by atoms with van der Waals surface area (Å²) >= 11 is 1.61. The number of thioether (sulfide) groups is 1. The Morgan fingerprint density at radius 1 is 1.09 bits per heavy atom. The summed E-state index contributed by atoms with van der Waals surface area (Å²) in [6, 6.07) is 16.2. The van der Waals surface area contributed by atoms with E-state index in [1.165, 1.54) is 17.7 Å². The van der Waals surface area contributed by atoms with Crippen LogP contribution in [0, 0.1) is 5.82 Å². The van der Waals surface area contributed by atoms with Crippen LogP contribution in [0.3, 0.4) is 0 Å². The normalized spacial score (nSPS) is 13.4. The van der Waals surface area contributed by atoms with Crippen LogP contribution in [-0.2, 0) is 10.5 Å². The third-order valence-electron chi connectivity index (χ3n) is 3.44. The number of halogens is 1. The van der Waals surface area contributed by atoms with E-state index in [0.717, 1.165) is 11.3 Å². The minimum absolute atomic E-state index is 0.00208. The molecule has 0 fully saturated rings. The zero-order chi connectivity index (χ0) is 15.9. The maximum atomic E-state index is 12.9. The summed E-state index contributed by atoms with van der Waals surface area (Å²) in [5.41, 5.74) is 2.11. The zero-order valence-corrected chi connectivity index (χ0v) is 13.6. The van der Waals surface area contributed by atoms with E-state index in [1.807, 2.05) is 32.0 Å². The highest BCUT2D eigenvalue weighted by Gasteiger charge is 2.16. The molecule has 0 radical (unpaired) electrons. The predicted molar refractivity (Wildman–Crippen MR) is 90.2 cm³/mol. The summed E-state index contributed by atoms with van der Waals surface area (Å²) in [4.78, 5) is 12.2. The zero-order valence-electron chi connectivity index (χ0n) is 12.8. The van der Waals surface area contributed by atoms with Gasteiger partial charge in [0.2, 0.25) is 5.91 Å². The van der Waals surface area contributed by atoms with Crippen molar-refractivity contribution in [3.63, 3.8) is 0 Å². The Kier molecular flexibility index (Phi) is 6.01. The molecule has 0 bridgehead atoms. The van der Waals surface area contributed by atoms with Crippen molar-refractivity contribution in [2.24, 2.45) is 0 Å². The largest absolute Gasteiger partial charge is 0.349 e. The van der Waals surface area contributed by atoms with Gasteiger partial charge in [-0.05, 0) is 37.1 Å². The van der Waals surface area contributed by atoms with Gasteiger partial charge in [-0.3, -0.25) is 4.79 Å². The molecule has 4 heteroatoms. The van der Waals surface area contributed by atoms with Gasteiger partial charge in [0, 0.05) is 5.75 Å². The lowest BCUT2D eigenvalue weighted by Gasteiger charge is -2.18. The number of carbonyl (C=O) groups is 1. The summed E-state index contributed by atoms with van der Waals surface area (Å²) in [6.07, 6.45) is 0. The highest BCUT2D eigenvalue weighted by molar-refractivity contribution is 7.99. The summed E-state index contributed by atoms with van der Waals surface area (Å²) < 4.78 is 12.9. The maximum Gasteiger partial charge on any atom is 0.233 e. The molecule has 0 aromatic heterocycles. The molecule has 22 heavy (non-hydrogen) atoms. The minimum Gasteiger partial charge on any atom is -0.349 e. The van der Waals surface area contributed by atoms with Gasteiger partial charge in [0.15, 0.2) is 0 Å². The quantitative estimate of drug-likeness (QED) is 0.859. The molecule has 2 aromatic rings. The van der Waals surface area contributed by atoms with Gasteiger partial charge in [0.05, 0.1) is 11.3 Å². The van der Waals surface area contributed by atoms with E-state index >= 15 is 0 Å². The number of amides is 1. The summed E-state index contributed by atoms with van der Waals surface area (Å²) in [5.74, 6) is 0.534. The lowest BCUT2D eigenvalue weighted by atomic mass is 10.1. The number of benzene rings is 2. The number of hydrogen-bond acceptors (Lipinski definition) is 2. The van der Waals surface area contributed by atoms with E-state index in [9.17, 15) is 9.18 Å². The van der Waals surface area contributed by atoms with E-state index in [-0.39, 0.29) is 23.0 Å². The predicted octanol–water partition coefficient (Wildman–Crippen LogP) is 4.32. The molecular weight excluding hydrogens is 297 g/mol. The molecule has 1 amide bonds. The molecule has 2 nitrogen and oxygen atoms in total. The van der Waals surface area contributed by atoms with Crippen LogP contribution in [0.5, 0.6) is 0 Å². The van der Waals surface area contributed by atoms with Gasteiger partial charge in [-0.2, -0.15) is 0 Å². The van der Waals surface area contributed by atoms with Crippen LogP contribution in [0.15, 0.2) is 54.6 Å². The maximum absolute atomic E-state index is 12.9. The van der Waals surface area contributed by atoms with E-state index in [1.54, 1.807) is 23.9 Å². The lowest BCUT2D eigenvalue weighted by Crippen LogP contribution is -2.33. The van der Waals surface area contributed by atoms with Crippen molar-refractivity contribution in [2.45, 2.75) is 30.9 Å². The highest BCUT2D eigenvalue weighted by Crippen LogP contribution is 2.19. The minimum atomic E-state index is -0.269. The van der Waals surface area contributed by atoms with Crippen molar-refractivity contribution in [1.82, 2.24) is 5.32 Å². The number of hydrogen-bond donors (Lipinski definition) is 1. The van der Waals surface area contributed by atoms with Gasteiger partial charge in [-0.25, -0.2) is 4.39 Å². The van der Waals surface area contributed by atoms with Gasteiger partial charge >= 0.3 is 0 Å². The average molecular weight is 317 g/mol. The fourth-order valence-electron chi connectivity index (χ4n) is 2.04. The molecule has 1 N–H and O–H groups in total. The molecule has 0 heterocycles. The molecule has 2 rings (SSSR count). The van der Waals surface area contributed by atoms with Crippen LogP contribution < -0.4 is 5.32 Å². The Hall–Kier alpha value is -1.81. The monoisotopic (exact) mass is 317 g/mol. The van der Waals surface area contributed by atoms with Gasteiger partial charge in [-0.1, -0.05) is 42.5 Å². The van der Waals surface area contributed by atoms with Crippen molar-refractivity contribution in [3.05, 3.63) is 71.5 Å². The SMILES string of the molecule is C[C@H](NC(=O)[C@@H](C)SCc1ccccc1)c1ccc(F)cc1. The van der Waals surface area contributed by atoms with Crippen molar-refractivity contribution >= 4 is 17.7 Å². The second kappa shape index (κ2) is 7.99. The van der Waals surface area contributed by atoms with Crippen LogP contribution >= 0.6 is 11.8 Å². The standard InChI is InChI=1S/C18H20FNOS/c1-13(16-8-10-17(19)11-9-16)20-18(21)14(2)22-12-15-6-4-3-5-7-15/h3-11,13-14H,12H2,1-2H3,(H,20,21)/t13-,14+/m0/s1. The molecule has 116 valence electrons. The second-order valence-electron chi connectivity index (χ2n) is 5.22. The molecule has 0 saturated heterocycles. The molecule has 0 aliphatic rings. The molecular formula is C18H20FNOS. The highest BCUT2D eigenvalue weighted by atomic mass is 32.2. The Balaban J connectivity index is 1.84. The van der Waals surface area contributed by atoms with Crippen molar-refractivity contribution in [1.29, 1.82) is 0 Å². The summed E-state index contributed by atoms with van der Waals surface area (Å²) in [5, 5.41) is 2.83. The van der Waals surface area contributed by atoms with E-state index < -0.39 is 0 Å². The van der Waals surface area contributed by atoms with Crippen molar-refractivity contribution in [2.75, 3.05) is 0 Å². The molecule has 0 spiro atoms. The fraction of sp³-hybridized carbons (Fsp3) is 0.278. The molecule has 2 aromatic carbocycles. The number of rotatable bonds is 6. The van der Waals surface area contributed by atoms with Gasteiger partial charge in [0.1, 0.15) is 5.82 Å². The molecule has 2 atom stereocenters.